The van der Waals surface area contributed by atoms with Crippen LogP contribution < -0.4 is 0 Å². The van der Waals surface area contributed by atoms with Gasteiger partial charge in [0.25, 0.3) is 0 Å². The highest BCUT2D eigenvalue weighted by molar-refractivity contribution is 7.98. The Balaban J connectivity index is 1.82. The Morgan fingerprint density at radius 2 is 0.667 bits per heavy atom. The zero-order chi connectivity index (χ0) is 12.2. The Hall–Kier alpha value is -0.860. The van der Waals surface area contributed by atoms with Gasteiger partial charge in [-0.15, -0.1) is 0 Å². The van der Waals surface area contributed by atoms with Crippen molar-refractivity contribution in [3.05, 3.63) is 70.8 Å². The molecule has 4 bridgehead atoms. The van der Waals surface area contributed by atoms with Crippen molar-refractivity contribution in [2.24, 2.45) is 0 Å². The van der Waals surface area contributed by atoms with Crippen LogP contribution in [0.5, 0.6) is 0 Å². The minimum atomic E-state index is 1.11. The highest BCUT2D eigenvalue weighted by atomic mass is 32.2. The number of thioether (sulfide) groups is 2. The van der Waals surface area contributed by atoms with E-state index in [1.165, 1.54) is 22.3 Å². The van der Waals surface area contributed by atoms with E-state index in [9.17, 15) is 0 Å². The average Bonchev–Trinajstić information content (AvgIpc) is 2.43. The molecule has 6 rings (SSSR count). The molecule has 0 unspecified atom stereocenters. The predicted octanol–water partition coefficient (Wildman–Crippen LogP) is 4.87. The van der Waals surface area contributed by atoms with Crippen molar-refractivity contribution in [3.8, 4) is 0 Å². The largest absolute Gasteiger partial charge is 0.152 e. The summed E-state index contributed by atoms with van der Waals surface area (Å²) in [6.45, 7) is 0. The lowest BCUT2D eigenvalue weighted by Gasteiger charge is -2.08. The second-order valence-electron chi connectivity index (χ2n) is 4.62. The predicted molar refractivity (Wildman–Crippen MR) is 82.9 cm³/mol. The fraction of sp³-hybridized carbons (Fsp3) is 0.250. The first-order valence-electron chi connectivity index (χ1n) is 6.21. The highest BCUT2D eigenvalue weighted by Crippen LogP contribution is 2.23. The van der Waals surface area contributed by atoms with Gasteiger partial charge in [0.15, 0.2) is 0 Å². The molecule has 0 aliphatic carbocycles. The molecular formula is C16H16S2. The smallest absolute Gasteiger partial charge is 0.0187 e. The third-order valence-corrected chi connectivity index (χ3v) is 5.27. The average molecular weight is 272 g/mol. The zero-order valence-corrected chi connectivity index (χ0v) is 11.9. The van der Waals surface area contributed by atoms with Crippen LogP contribution in [0.25, 0.3) is 0 Å². The van der Waals surface area contributed by atoms with E-state index in [1.54, 1.807) is 0 Å². The summed E-state index contributed by atoms with van der Waals surface area (Å²) in [5.41, 5.74) is 5.73. The van der Waals surface area contributed by atoms with Gasteiger partial charge >= 0.3 is 0 Å². The van der Waals surface area contributed by atoms with E-state index < -0.39 is 0 Å². The van der Waals surface area contributed by atoms with Gasteiger partial charge in [0.2, 0.25) is 0 Å². The van der Waals surface area contributed by atoms with Crippen molar-refractivity contribution in [1.29, 1.82) is 0 Å². The van der Waals surface area contributed by atoms with Crippen LogP contribution in [-0.4, -0.2) is 0 Å². The lowest BCUT2D eigenvalue weighted by Crippen LogP contribution is -1.89. The Morgan fingerprint density at radius 1 is 0.444 bits per heavy atom. The first-order chi connectivity index (χ1) is 8.90. The van der Waals surface area contributed by atoms with Crippen LogP contribution in [0, 0.1) is 0 Å². The Morgan fingerprint density at radius 3 is 0.889 bits per heavy atom. The first-order valence-corrected chi connectivity index (χ1v) is 8.52. The van der Waals surface area contributed by atoms with Crippen LogP contribution in [0.3, 0.4) is 0 Å². The van der Waals surface area contributed by atoms with Crippen molar-refractivity contribution >= 4 is 23.5 Å². The SMILES string of the molecule is c1cc2ccc1CSCc1ccc(cc1)CSC2. The molecule has 2 heteroatoms. The summed E-state index contributed by atoms with van der Waals surface area (Å²) >= 11 is 3.98. The monoisotopic (exact) mass is 272 g/mol. The lowest BCUT2D eigenvalue weighted by atomic mass is 10.2. The molecule has 4 aliphatic rings. The molecule has 0 nitrogen and oxygen atoms in total. The van der Waals surface area contributed by atoms with Crippen LogP contribution >= 0.6 is 23.5 Å². The van der Waals surface area contributed by atoms with E-state index in [1.807, 2.05) is 23.5 Å². The summed E-state index contributed by atoms with van der Waals surface area (Å²) in [4.78, 5) is 0. The summed E-state index contributed by atoms with van der Waals surface area (Å²) in [6, 6.07) is 18.2. The van der Waals surface area contributed by atoms with Crippen molar-refractivity contribution < 1.29 is 0 Å². The fourth-order valence-electron chi connectivity index (χ4n) is 2.04. The van der Waals surface area contributed by atoms with Gasteiger partial charge in [-0.25, -0.2) is 0 Å². The van der Waals surface area contributed by atoms with Crippen LogP contribution in [0.2, 0.25) is 0 Å². The molecule has 4 heterocycles. The molecule has 18 heavy (non-hydrogen) atoms. The molecule has 0 aromatic heterocycles. The van der Waals surface area contributed by atoms with Gasteiger partial charge in [-0.2, -0.15) is 23.5 Å². The summed E-state index contributed by atoms with van der Waals surface area (Å²) < 4.78 is 0. The van der Waals surface area contributed by atoms with Gasteiger partial charge in [0.05, 0.1) is 0 Å². The van der Waals surface area contributed by atoms with Crippen molar-refractivity contribution in [2.75, 3.05) is 0 Å². The number of hydrogen-bond acceptors (Lipinski definition) is 2. The van der Waals surface area contributed by atoms with Crippen LogP contribution in [0.1, 0.15) is 22.3 Å². The highest BCUT2D eigenvalue weighted by Gasteiger charge is 2.01. The van der Waals surface area contributed by atoms with E-state index >= 15 is 0 Å². The molecule has 0 saturated heterocycles. The Kier molecular flexibility index (Phi) is 3.96. The normalized spacial score (nSPS) is 15.6. The van der Waals surface area contributed by atoms with Crippen molar-refractivity contribution in [3.63, 3.8) is 0 Å². The molecule has 2 aromatic carbocycles. The summed E-state index contributed by atoms with van der Waals surface area (Å²) in [7, 11) is 0. The van der Waals surface area contributed by atoms with Crippen LogP contribution in [0.15, 0.2) is 48.5 Å². The molecule has 0 spiro atoms. The third kappa shape index (κ3) is 3.12. The fourth-order valence-corrected chi connectivity index (χ4v) is 3.95. The standard InChI is InChI=1S/C16H16S2/c1-2-14-4-3-13(1)9-17-11-15-5-7-16(8-6-15)12-18-10-14/h1-8H,9-12H2. The Labute approximate surface area is 117 Å². The minimum Gasteiger partial charge on any atom is -0.152 e. The second kappa shape index (κ2) is 5.85. The molecule has 0 N–H and O–H groups in total. The van der Waals surface area contributed by atoms with Crippen molar-refractivity contribution in [2.45, 2.75) is 23.0 Å². The van der Waals surface area contributed by atoms with Crippen LogP contribution in [0.4, 0.5) is 0 Å². The molecule has 0 saturated carbocycles. The van der Waals surface area contributed by atoms with E-state index in [0.29, 0.717) is 0 Å². The van der Waals surface area contributed by atoms with Gasteiger partial charge < -0.3 is 0 Å². The summed E-state index contributed by atoms with van der Waals surface area (Å²) in [5, 5.41) is 0. The molecule has 0 atom stereocenters. The first kappa shape index (κ1) is 12.2. The van der Waals surface area contributed by atoms with Gasteiger partial charge in [0, 0.05) is 23.0 Å². The minimum absolute atomic E-state index is 1.11. The van der Waals surface area contributed by atoms with Crippen LogP contribution in [-0.2, 0) is 23.0 Å². The molecule has 0 amide bonds. The summed E-state index contributed by atoms with van der Waals surface area (Å²) in [6.07, 6.45) is 0. The number of rotatable bonds is 0. The Bertz CT molecular complexity index is 404. The molecule has 4 aliphatic heterocycles. The molecule has 0 radical (unpaired) electrons. The maximum atomic E-state index is 2.27. The van der Waals surface area contributed by atoms with E-state index in [0.717, 1.165) is 23.0 Å². The van der Waals surface area contributed by atoms with E-state index in [4.69, 9.17) is 0 Å². The third-order valence-electron chi connectivity index (χ3n) is 3.12. The topological polar surface area (TPSA) is 0 Å². The molecule has 2 aromatic rings. The quantitative estimate of drug-likeness (QED) is 0.671. The maximum Gasteiger partial charge on any atom is 0.0187 e. The van der Waals surface area contributed by atoms with Crippen molar-refractivity contribution in [1.82, 2.24) is 0 Å². The van der Waals surface area contributed by atoms with Gasteiger partial charge in [0.1, 0.15) is 0 Å². The lowest BCUT2D eigenvalue weighted by molar-refractivity contribution is 1.29. The molecule has 0 fully saturated rings. The van der Waals surface area contributed by atoms with E-state index in [-0.39, 0.29) is 0 Å². The maximum absolute atomic E-state index is 2.27. The molecule has 92 valence electrons. The van der Waals surface area contributed by atoms with E-state index in [2.05, 4.69) is 48.5 Å². The van der Waals surface area contributed by atoms with Gasteiger partial charge in [-0.05, 0) is 22.3 Å². The second-order valence-corrected chi connectivity index (χ2v) is 6.59. The van der Waals surface area contributed by atoms with Gasteiger partial charge in [-0.3, -0.25) is 0 Å². The summed E-state index contributed by atoms with van der Waals surface area (Å²) in [5.74, 6) is 4.43. The molecular weight excluding hydrogens is 256 g/mol. The van der Waals surface area contributed by atoms with Gasteiger partial charge in [-0.1, -0.05) is 48.5 Å². The number of benzene rings is 2. The zero-order valence-electron chi connectivity index (χ0n) is 10.3. The number of hydrogen-bond donors (Lipinski definition) is 0.